The molecule has 1 aliphatic carbocycles. The fourth-order valence-corrected chi connectivity index (χ4v) is 7.35. The molecule has 1 aromatic heterocycles. The molecule has 0 saturated heterocycles. The van der Waals surface area contributed by atoms with Crippen molar-refractivity contribution in [2.24, 2.45) is 23.5 Å². The summed E-state index contributed by atoms with van der Waals surface area (Å²) in [5.41, 5.74) is 7.31. The van der Waals surface area contributed by atoms with Gasteiger partial charge in [0.25, 0.3) is 0 Å². The van der Waals surface area contributed by atoms with Crippen LogP contribution in [0, 0.1) is 17.8 Å². The predicted molar refractivity (Wildman–Crippen MR) is 141 cm³/mol. The molecule has 36 heavy (non-hydrogen) atoms. The summed E-state index contributed by atoms with van der Waals surface area (Å²) in [5, 5.41) is 3.55. The van der Waals surface area contributed by atoms with Crippen LogP contribution in [0.3, 0.4) is 0 Å². The normalized spacial score (nSPS) is 22.5. The van der Waals surface area contributed by atoms with E-state index in [0.29, 0.717) is 17.0 Å². The van der Waals surface area contributed by atoms with Gasteiger partial charge in [-0.15, -0.1) is 11.3 Å². The number of benzene rings is 1. The van der Waals surface area contributed by atoms with Gasteiger partial charge in [0.2, 0.25) is 11.8 Å². The van der Waals surface area contributed by atoms with Crippen molar-refractivity contribution in [3.8, 4) is 0 Å². The number of fused-ring (bicyclic) bond motifs is 1. The zero-order chi connectivity index (χ0) is 26.0. The van der Waals surface area contributed by atoms with E-state index in [1.165, 1.54) is 16.2 Å². The van der Waals surface area contributed by atoms with E-state index in [-0.39, 0.29) is 40.8 Å². The highest BCUT2D eigenvalue weighted by Gasteiger charge is 2.38. The molecule has 4 rings (SSSR count). The minimum absolute atomic E-state index is 0.0255. The highest BCUT2D eigenvalue weighted by molar-refractivity contribution is 7.91. The molecule has 0 radical (unpaired) electrons. The molecule has 2 aromatic rings. The van der Waals surface area contributed by atoms with E-state index in [2.05, 4.69) is 24.1 Å². The molecule has 1 aliphatic heterocycles. The minimum atomic E-state index is -3.25. The SMILES string of the molecule is CCS(=O)(=O)c1ccc(CC(=O)Nc2nc3c(s2)CN(CC2CCC(C(N)=O)CC2)[C@H]3C(C)C)cc1. The largest absolute Gasteiger partial charge is 0.369 e. The van der Waals surface area contributed by atoms with Gasteiger partial charge < -0.3 is 11.1 Å². The monoisotopic (exact) mass is 532 g/mol. The maximum Gasteiger partial charge on any atom is 0.230 e. The standard InChI is InChI=1S/C26H36N4O4S2/c1-4-36(33,34)20-11-7-17(8-12-20)13-22(31)28-26-29-23-21(35-26)15-30(24(23)16(2)3)14-18-5-9-19(10-6-18)25(27)32/h7-8,11-12,16,18-19,24H,4-6,9-10,13-15H2,1-3H3,(H2,27,32)(H,28,29,31)/t18?,19?,24-/m0/s1. The smallest absolute Gasteiger partial charge is 0.230 e. The van der Waals surface area contributed by atoms with Crippen molar-refractivity contribution in [3.63, 3.8) is 0 Å². The number of primary amides is 1. The second-order valence-electron chi connectivity index (χ2n) is 10.3. The van der Waals surface area contributed by atoms with Gasteiger partial charge in [-0.25, -0.2) is 13.4 Å². The van der Waals surface area contributed by atoms with Gasteiger partial charge in [0.1, 0.15) is 0 Å². The van der Waals surface area contributed by atoms with Gasteiger partial charge in [-0.1, -0.05) is 32.9 Å². The Labute approximate surface area is 217 Å². The molecule has 1 fully saturated rings. The lowest BCUT2D eigenvalue weighted by Crippen LogP contribution is -2.35. The lowest BCUT2D eigenvalue weighted by molar-refractivity contribution is -0.123. The number of amides is 2. The second kappa shape index (κ2) is 11.0. The molecule has 8 nitrogen and oxygen atoms in total. The van der Waals surface area contributed by atoms with Crippen molar-refractivity contribution in [1.82, 2.24) is 9.88 Å². The highest BCUT2D eigenvalue weighted by atomic mass is 32.2. The van der Waals surface area contributed by atoms with E-state index in [9.17, 15) is 18.0 Å². The third kappa shape index (κ3) is 5.98. The van der Waals surface area contributed by atoms with E-state index in [1.54, 1.807) is 31.2 Å². The summed E-state index contributed by atoms with van der Waals surface area (Å²) in [6.45, 7) is 7.84. The summed E-state index contributed by atoms with van der Waals surface area (Å²) in [7, 11) is -3.25. The fourth-order valence-electron chi connectivity index (χ4n) is 5.42. The third-order valence-electron chi connectivity index (χ3n) is 7.39. The van der Waals surface area contributed by atoms with Crippen molar-refractivity contribution in [2.75, 3.05) is 17.6 Å². The van der Waals surface area contributed by atoms with E-state index in [0.717, 1.165) is 50.0 Å². The van der Waals surface area contributed by atoms with Crippen LogP contribution in [0.15, 0.2) is 29.2 Å². The number of carbonyl (C=O) groups excluding carboxylic acids is 2. The van der Waals surface area contributed by atoms with E-state index >= 15 is 0 Å². The van der Waals surface area contributed by atoms with Crippen molar-refractivity contribution in [2.45, 2.75) is 70.4 Å². The number of sulfone groups is 1. The molecule has 2 aliphatic rings. The zero-order valence-corrected chi connectivity index (χ0v) is 22.8. The van der Waals surface area contributed by atoms with Crippen LogP contribution in [0.1, 0.15) is 68.6 Å². The molecule has 10 heteroatoms. The van der Waals surface area contributed by atoms with Gasteiger partial charge >= 0.3 is 0 Å². The Bertz CT molecular complexity index is 1200. The lowest BCUT2D eigenvalue weighted by Gasteiger charge is -2.34. The highest BCUT2D eigenvalue weighted by Crippen LogP contribution is 2.43. The van der Waals surface area contributed by atoms with Gasteiger partial charge in [0.05, 0.1) is 28.8 Å². The van der Waals surface area contributed by atoms with Gasteiger partial charge in [-0.05, 0) is 55.2 Å². The van der Waals surface area contributed by atoms with Gasteiger partial charge in [-0.2, -0.15) is 0 Å². The van der Waals surface area contributed by atoms with Gasteiger partial charge in [0.15, 0.2) is 15.0 Å². The van der Waals surface area contributed by atoms with Crippen molar-refractivity contribution < 1.29 is 18.0 Å². The van der Waals surface area contributed by atoms with Crippen LogP contribution in [0.5, 0.6) is 0 Å². The molecule has 0 unspecified atom stereocenters. The van der Waals surface area contributed by atoms with Gasteiger partial charge in [-0.3, -0.25) is 14.5 Å². The summed E-state index contributed by atoms with van der Waals surface area (Å²) in [6, 6.07) is 6.70. The number of anilines is 1. The fraction of sp³-hybridized carbons (Fsp3) is 0.577. The van der Waals surface area contributed by atoms with Crippen LogP contribution in [0.25, 0.3) is 0 Å². The Hall–Kier alpha value is -2.30. The average molecular weight is 533 g/mol. The number of nitrogens with zero attached hydrogens (tertiary/aromatic N) is 2. The molecule has 1 saturated carbocycles. The molecular weight excluding hydrogens is 496 g/mol. The number of thiazole rings is 1. The first kappa shape index (κ1) is 26.8. The van der Waals surface area contributed by atoms with Crippen LogP contribution in [0.2, 0.25) is 0 Å². The number of nitrogens with one attached hydrogen (secondary N) is 1. The summed E-state index contributed by atoms with van der Waals surface area (Å²) in [5.74, 6) is 0.685. The number of hydrogen-bond acceptors (Lipinski definition) is 7. The molecule has 0 spiro atoms. The molecule has 1 atom stereocenters. The summed E-state index contributed by atoms with van der Waals surface area (Å²) in [4.78, 5) is 32.9. The quantitative estimate of drug-likeness (QED) is 0.505. The first-order valence-electron chi connectivity index (χ1n) is 12.7. The van der Waals surface area contributed by atoms with Crippen LogP contribution < -0.4 is 11.1 Å². The Morgan fingerprint density at radius 1 is 1.17 bits per heavy atom. The number of hydrogen-bond donors (Lipinski definition) is 2. The van der Waals surface area contributed by atoms with E-state index < -0.39 is 9.84 Å². The topological polar surface area (TPSA) is 122 Å². The van der Waals surface area contributed by atoms with Gasteiger partial charge in [0, 0.05) is 23.9 Å². The molecule has 2 heterocycles. The number of rotatable bonds is 9. The predicted octanol–water partition coefficient (Wildman–Crippen LogP) is 3.92. The number of aromatic nitrogens is 1. The van der Waals surface area contributed by atoms with Crippen molar-refractivity contribution in [1.29, 1.82) is 0 Å². The van der Waals surface area contributed by atoms with Crippen molar-refractivity contribution in [3.05, 3.63) is 40.4 Å². The lowest BCUT2D eigenvalue weighted by atomic mass is 9.81. The van der Waals surface area contributed by atoms with E-state index in [1.807, 2.05) is 0 Å². The molecule has 0 bridgehead atoms. The van der Waals surface area contributed by atoms with Crippen molar-refractivity contribution >= 4 is 38.1 Å². The minimum Gasteiger partial charge on any atom is -0.369 e. The zero-order valence-electron chi connectivity index (χ0n) is 21.2. The maximum atomic E-state index is 12.7. The van der Waals surface area contributed by atoms with Crippen LogP contribution >= 0.6 is 11.3 Å². The number of carbonyl (C=O) groups is 2. The van der Waals surface area contributed by atoms with Crippen LogP contribution in [-0.4, -0.2) is 42.4 Å². The average Bonchev–Trinajstić information content (AvgIpc) is 3.35. The Morgan fingerprint density at radius 2 is 1.83 bits per heavy atom. The first-order valence-corrected chi connectivity index (χ1v) is 15.2. The van der Waals surface area contributed by atoms with Crippen LogP contribution in [-0.2, 0) is 32.4 Å². The maximum absolute atomic E-state index is 12.7. The first-order chi connectivity index (χ1) is 17.1. The molecular formula is C26H36N4O4S2. The molecule has 2 amide bonds. The second-order valence-corrected chi connectivity index (χ2v) is 13.7. The molecule has 1 aromatic carbocycles. The summed E-state index contributed by atoms with van der Waals surface area (Å²) >= 11 is 1.54. The molecule has 196 valence electrons. The molecule has 3 N–H and O–H groups in total. The summed E-state index contributed by atoms with van der Waals surface area (Å²) in [6.07, 6.45) is 3.98. The summed E-state index contributed by atoms with van der Waals surface area (Å²) < 4.78 is 24.0. The Kier molecular flexibility index (Phi) is 8.16. The third-order valence-corrected chi connectivity index (χ3v) is 10.1. The van der Waals surface area contributed by atoms with E-state index in [4.69, 9.17) is 10.7 Å². The Balaban J connectivity index is 1.36. The Morgan fingerprint density at radius 3 is 2.42 bits per heavy atom. The van der Waals surface area contributed by atoms with Crippen LogP contribution in [0.4, 0.5) is 5.13 Å². The number of nitrogens with two attached hydrogens (primary N) is 1.